The van der Waals surface area contributed by atoms with Gasteiger partial charge in [-0.2, -0.15) is 5.10 Å². The van der Waals surface area contributed by atoms with E-state index in [0.717, 1.165) is 16.2 Å². The highest BCUT2D eigenvalue weighted by molar-refractivity contribution is 5.93. The van der Waals surface area contributed by atoms with E-state index in [1.54, 1.807) is 28.9 Å². The number of nitrogens with zero attached hydrogens (tertiary/aromatic N) is 5. The van der Waals surface area contributed by atoms with Gasteiger partial charge in [0.05, 0.1) is 12.2 Å². The van der Waals surface area contributed by atoms with Gasteiger partial charge in [-0.3, -0.25) is 9.58 Å². The van der Waals surface area contributed by atoms with Crippen molar-refractivity contribution in [3.05, 3.63) is 72.0 Å². The molecule has 0 spiro atoms. The van der Waals surface area contributed by atoms with E-state index in [0.29, 0.717) is 11.3 Å². The number of carboxylic acid groups (broad SMARTS) is 1. The van der Waals surface area contributed by atoms with Gasteiger partial charge in [-0.15, -0.1) is 0 Å². The normalized spacial score (nSPS) is 10.8. The van der Waals surface area contributed by atoms with Crippen molar-refractivity contribution in [1.82, 2.24) is 19.7 Å². The molecule has 162 valence electrons. The molecule has 0 atom stereocenters. The molecule has 0 fully saturated rings. The number of anilines is 3. The maximum atomic E-state index is 14.3. The van der Waals surface area contributed by atoms with Gasteiger partial charge in [-0.05, 0) is 17.7 Å². The Bertz CT molecular complexity index is 1270. The molecule has 0 saturated heterocycles. The van der Waals surface area contributed by atoms with Crippen molar-refractivity contribution in [2.45, 2.75) is 6.54 Å². The van der Waals surface area contributed by atoms with Gasteiger partial charge in [0.25, 0.3) is 0 Å². The first kappa shape index (κ1) is 20.8. The minimum absolute atomic E-state index is 0.00433. The molecular weight excluding hydrogens is 413 g/mol. The van der Waals surface area contributed by atoms with Gasteiger partial charge in [0.2, 0.25) is 0 Å². The summed E-state index contributed by atoms with van der Waals surface area (Å²) >= 11 is 0. The largest absolute Gasteiger partial charge is 0.465 e. The van der Waals surface area contributed by atoms with Gasteiger partial charge in [0.15, 0.2) is 17.5 Å². The van der Waals surface area contributed by atoms with E-state index in [1.807, 2.05) is 30.3 Å². The summed E-state index contributed by atoms with van der Waals surface area (Å²) in [5, 5.41) is 13.8. The Morgan fingerprint density at radius 2 is 1.69 bits per heavy atom. The van der Waals surface area contributed by atoms with Crippen molar-refractivity contribution in [2.75, 3.05) is 23.4 Å². The number of nitrogen functional groups attached to an aromatic ring is 2. The van der Waals surface area contributed by atoms with Crippen LogP contribution in [-0.4, -0.2) is 38.0 Å². The van der Waals surface area contributed by atoms with Gasteiger partial charge in [0, 0.05) is 12.6 Å². The number of aromatic nitrogens is 4. The molecule has 0 unspecified atom stereocenters. The van der Waals surface area contributed by atoms with Crippen LogP contribution in [0.3, 0.4) is 0 Å². The monoisotopic (exact) mass is 433 g/mol. The molecule has 2 heterocycles. The molecule has 1 amide bonds. The standard InChI is InChI=1S/C22H20FN7O2/c1-29(22(31)32)18-19(24)26-21(27-20(18)25)16-11-17(13-7-3-2-4-8-13)30(28-16)12-14-9-5-6-10-15(14)23/h2-11H,12H2,1H3,(H,31,32)(H4,24,25,26,27). The smallest absolute Gasteiger partial charge is 0.411 e. The quantitative estimate of drug-likeness (QED) is 0.438. The molecule has 9 nitrogen and oxygen atoms in total. The van der Waals surface area contributed by atoms with Crippen LogP contribution < -0.4 is 16.4 Å². The molecule has 4 rings (SSSR count). The molecule has 4 aromatic rings. The third-order valence-electron chi connectivity index (χ3n) is 4.92. The van der Waals surface area contributed by atoms with Crippen LogP contribution in [0.4, 0.5) is 26.5 Å². The first-order valence-corrected chi connectivity index (χ1v) is 9.62. The van der Waals surface area contributed by atoms with E-state index >= 15 is 0 Å². The molecule has 0 aliphatic rings. The molecule has 10 heteroatoms. The van der Waals surface area contributed by atoms with E-state index in [1.165, 1.54) is 13.1 Å². The summed E-state index contributed by atoms with van der Waals surface area (Å²) in [6, 6.07) is 17.7. The summed E-state index contributed by atoms with van der Waals surface area (Å²) in [6.07, 6.45) is -1.25. The van der Waals surface area contributed by atoms with E-state index in [4.69, 9.17) is 11.5 Å². The van der Waals surface area contributed by atoms with Crippen LogP contribution in [0, 0.1) is 5.82 Å². The highest BCUT2D eigenvalue weighted by atomic mass is 19.1. The number of hydrogen-bond acceptors (Lipinski definition) is 6. The maximum Gasteiger partial charge on any atom is 0.411 e. The van der Waals surface area contributed by atoms with Gasteiger partial charge in [-0.1, -0.05) is 48.5 Å². The molecule has 0 radical (unpaired) electrons. The predicted octanol–water partition coefficient (Wildman–Crippen LogP) is 3.47. The van der Waals surface area contributed by atoms with Crippen LogP contribution in [-0.2, 0) is 6.54 Å². The number of rotatable bonds is 5. The van der Waals surface area contributed by atoms with Gasteiger partial charge in [-0.25, -0.2) is 19.2 Å². The highest BCUT2D eigenvalue weighted by Crippen LogP contribution is 2.31. The van der Waals surface area contributed by atoms with Crippen LogP contribution >= 0.6 is 0 Å². The molecule has 2 aromatic carbocycles. The SMILES string of the molecule is CN(C(=O)O)c1c(N)nc(-c2cc(-c3ccccc3)n(Cc3ccccc3F)n2)nc1N. The van der Waals surface area contributed by atoms with Gasteiger partial charge in [0.1, 0.15) is 17.2 Å². The second kappa shape index (κ2) is 8.34. The van der Waals surface area contributed by atoms with Crippen LogP contribution in [0.5, 0.6) is 0 Å². The summed E-state index contributed by atoms with van der Waals surface area (Å²) in [4.78, 5) is 20.6. The van der Waals surface area contributed by atoms with Crippen LogP contribution in [0.2, 0.25) is 0 Å². The lowest BCUT2D eigenvalue weighted by atomic mass is 10.1. The molecule has 2 aromatic heterocycles. The van der Waals surface area contributed by atoms with Crippen molar-refractivity contribution in [1.29, 1.82) is 0 Å². The molecule has 0 saturated carbocycles. The number of halogens is 1. The Kier molecular flexibility index (Phi) is 5.42. The fraction of sp³-hybridized carbons (Fsp3) is 0.0909. The number of amides is 1. The highest BCUT2D eigenvalue weighted by Gasteiger charge is 2.21. The zero-order chi connectivity index (χ0) is 22.8. The minimum atomic E-state index is -1.25. The second-order valence-electron chi connectivity index (χ2n) is 7.04. The minimum Gasteiger partial charge on any atom is -0.465 e. The average Bonchev–Trinajstić information content (AvgIpc) is 3.19. The lowest BCUT2D eigenvalue weighted by Crippen LogP contribution is -2.26. The van der Waals surface area contributed by atoms with Crippen molar-refractivity contribution >= 4 is 23.4 Å². The van der Waals surface area contributed by atoms with E-state index in [9.17, 15) is 14.3 Å². The molecule has 0 aliphatic carbocycles. The zero-order valence-corrected chi connectivity index (χ0v) is 17.1. The molecule has 0 aliphatic heterocycles. The van der Waals surface area contributed by atoms with Crippen LogP contribution in [0.1, 0.15) is 5.56 Å². The Hall–Kier alpha value is -4.47. The van der Waals surface area contributed by atoms with E-state index < -0.39 is 6.09 Å². The van der Waals surface area contributed by atoms with Crippen LogP contribution in [0.15, 0.2) is 60.7 Å². The van der Waals surface area contributed by atoms with Gasteiger partial charge >= 0.3 is 6.09 Å². The molecule has 5 N–H and O–H groups in total. The Morgan fingerprint density at radius 3 is 2.31 bits per heavy atom. The number of nitrogens with two attached hydrogens (primary N) is 2. The first-order valence-electron chi connectivity index (χ1n) is 9.62. The molecular formula is C22H20FN7O2. The Labute approximate surface area is 182 Å². The van der Waals surface area contributed by atoms with Crippen LogP contribution in [0.25, 0.3) is 22.8 Å². The average molecular weight is 433 g/mol. The lowest BCUT2D eigenvalue weighted by Gasteiger charge is -2.16. The fourth-order valence-electron chi connectivity index (χ4n) is 3.32. The first-order chi connectivity index (χ1) is 15.3. The third-order valence-corrected chi connectivity index (χ3v) is 4.92. The van der Waals surface area contributed by atoms with E-state index in [-0.39, 0.29) is 35.5 Å². The molecule has 0 bridgehead atoms. The van der Waals surface area contributed by atoms with Crippen molar-refractivity contribution in [2.24, 2.45) is 0 Å². The lowest BCUT2D eigenvalue weighted by molar-refractivity contribution is 0.203. The number of carbonyl (C=O) groups is 1. The van der Waals surface area contributed by atoms with Gasteiger partial charge < -0.3 is 16.6 Å². The van der Waals surface area contributed by atoms with Crippen molar-refractivity contribution in [3.63, 3.8) is 0 Å². The second-order valence-corrected chi connectivity index (χ2v) is 7.04. The number of benzene rings is 2. The summed E-state index contributed by atoms with van der Waals surface area (Å²) < 4.78 is 15.9. The Balaban J connectivity index is 1.81. The third kappa shape index (κ3) is 3.93. The fourth-order valence-corrected chi connectivity index (χ4v) is 3.32. The summed E-state index contributed by atoms with van der Waals surface area (Å²) in [6.45, 7) is 0.182. The Morgan fingerprint density at radius 1 is 1.06 bits per heavy atom. The summed E-state index contributed by atoms with van der Waals surface area (Å²) in [5.41, 5.74) is 14.4. The molecule has 32 heavy (non-hydrogen) atoms. The number of hydrogen-bond donors (Lipinski definition) is 3. The topological polar surface area (TPSA) is 136 Å². The van der Waals surface area contributed by atoms with E-state index in [2.05, 4.69) is 15.1 Å². The van der Waals surface area contributed by atoms with Crippen molar-refractivity contribution < 1.29 is 14.3 Å². The van der Waals surface area contributed by atoms with Crippen molar-refractivity contribution in [3.8, 4) is 22.8 Å². The summed E-state index contributed by atoms with van der Waals surface area (Å²) in [5.74, 6) is -0.397. The predicted molar refractivity (Wildman–Crippen MR) is 119 cm³/mol. The zero-order valence-electron chi connectivity index (χ0n) is 17.1. The maximum absolute atomic E-state index is 14.3. The summed E-state index contributed by atoms with van der Waals surface area (Å²) in [7, 11) is 1.30.